The van der Waals surface area contributed by atoms with Crippen LogP contribution in [0.4, 0.5) is 0 Å². The number of hydrogen-bond donors (Lipinski definition) is 1. The van der Waals surface area contributed by atoms with Crippen LogP contribution in [0, 0.1) is 0 Å². The van der Waals surface area contributed by atoms with Crippen molar-refractivity contribution in [3.05, 3.63) is 23.7 Å². The summed E-state index contributed by atoms with van der Waals surface area (Å²) in [6.07, 6.45) is 3.29. The zero-order valence-corrected chi connectivity index (χ0v) is 12.0. The fourth-order valence-electron chi connectivity index (χ4n) is 1.58. The molecule has 0 saturated carbocycles. The van der Waals surface area contributed by atoms with E-state index in [1.165, 1.54) is 5.75 Å². The van der Waals surface area contributed by atoms with Gasteiger partial charge in [0.15, 0.2) is 0 Å². The highest BCUT2D eigenvalue weighted by Gasteiger charge is 2.05. The van der Waals surface area contributed by atoms with Crippen molar-refractivity contribution in [3.63, 3.8) is 0 Å². The van der Waals surface area contributed by atoms with Crippen molar-refractivity contribution in [2.24, 2.45) is 0 Å². The molecule has 0 spiro atoms. The van der Waals surface area contributed by atoms with Crippen LogP contribution in [0.3, 0.4) is 0 Å². The molecule has 0 aliphatic carbocycles. The zero-order valence-electron chi connectivity index (χ0n) is 11.2. The molecule has 1 heterocycles. The van der Waals surface area contributed by atoms with E-state index in [0.717, 1.165) is 44.1 Å². The molecule has 98 valence electrons. The first-order valence-corrected chi connectivity index (χ1v) is 7.61. The van der Waals surface area contributed by atoms with Gasteiger partial charge in [0.2, 0.25) is 0 Å². The summed E-state index contributed by atoms with van der Waals surface area (Å²) >= 11 is 1.88. The van der Waals surface area contributed by atoms with E-state index in [0.29, 0.717) is 0 Å². The lowest BCUT2D eigenvalue weighted by Gasteiger charge is -2.13. The number of nitrogens with one attached hydrogen (secondary N) is 1. The van der Waals surface area contributed by atoms with E-state index < -0.39 is 0 Å². The Labute approximate surface area is 109 Å². The lowest BCUT2D eigenvalue weighted by atomic mass is 10.4. The first-order chi connectivity index (χ1) is 8.26. The molecule has 1 aromatic heterocycles. The van der Waals surface area contributed by atoms with E-state index in [-0.39, 0.29) is 0 Å². The molecule has 1 aromatic rings. The summed E-state index contributed by atoms with van der Waals surface area (Å²) in [7, 11) is 2.13. The first kappa shape index (κ1) is 14.6. The molecule has 0 radical (unpaired) electrons. The molecule has 4 heteroatoms. The summed E-state index contributed by atoms with van der Waals surface area (Å²) in [6, 6.07) is 4.15. The van der Waals surface area contributed by atoms with Crippen LogP contribution < -0.4 is 5.32 Å². The monoisotopic (exact) mass is 256 g/mol. The van der Waals surface area contributed by atoms with Crippen LogP contribution in [0.5, 0.6) is 0 Å². The summed E-state index contributed by atoms with van der Waals surface area (Å²) in [5, 5.41) is 3.34. The maximum atomic E-state index is 5.77. The first-order valence-electron chi connectivity index (χ1n) is 6.22. The van der Waals surface area contributed by atoms with E-state index in [1.807, 2.05) is 11.8 Å². The highest BCUT2D eigenvalue weighted by molar-refractivity contribution is 7.98. The fourth-order valence-corrected chi connectivity index (χ4v) is 2.08. The van der Waals surface area contributed by atoms with Crippen LogP contribution in [0.2, 0.25) is 0 Å². The standard InChI is InChI=1S/C13H24N2OS/c1-4-7-14-10-12-5-6-13(16-12)11-15(2)8-9-17-3/h5-6,14H,4,7-11H2,1-3H3. The average molecular weight is 256 g/mol. The van der Waals surface area contributed by atoms with Crippen LogP contribution in [0.25, 0.3) is 0 Å². The van der Waals surface area contributed by atoms with Crippen molar-refractivity contribution >= 4 is 11.8 Å². The molecule has 0 amide bonds. The van der Waals surface area contributed by atoms with Crippen molar-refractivity contribution in [2.75, 3.05) is 32.1 Å². The maximum Gasteiger partial charge on any atom is 0.118 e. The van der Waals surface area contributed by atoms with Crippen molar-refractivity contribution in [3.8, 4) is 0 Å². The van der Waals surface area contributed by atoms with E-state index in [2.05, 4.69) is 42.6 Å². The minimum Gasteiger partial charge on any atom is -0.463 e. The molecular formula is C13H24N2OS. The van der Waals surface area contributed by atoms with Crippen molar-refractivity contribution in [1.29, 1.82) is 0 Å². The second-order valence-electron chi connectivity index (χ2n) is 4.28. The van der Waals surface area contributed by atoms with Gasteiger partial charge in [-0.25, -0.2) is 0 Å². The largest absolute Gasteiger partial charge is 0.463 e. The molecular weight excluding hydrogens is 232 g/mol. The van der Waals surface area contributed by atoms with Crippen molar-refractivity contribution in [2.45, 2.75) is 26.4 Å². The van der Waals surface area contributed by atoms with Crippen LogP contribution in [-0.2, 0) is 13.1 Å². The molecule has 3 nitrogen and oxygen atoms in total. The predicted molar refractivity (Wildman–Crippen MR) is 75.4 cm³/mol. The quantitative estimate of drug-likeness (QED) is 0.687. The number of nitrogens with zero attached hydrogens (tertiary/aromatic N) is 1. The van der Waals surface area contributed by atoms with Gasteiger partial charge >= 0.3 is 0 Å². The summed E-state index contributed by atoms with van der Waals surface area (Å²) in [5.74, 6) is 3.26. The number of hydrogen-bond acceptors (Lipinski definition) is 4. The highest BCUT2D eigenvalue weighted by Crippen LogP contribution is 2.10. The van der Waals surface area contributed by atoms with Crippen LogP contribution in [0.1, 0.15) is 24.9 Å². The van der Waals surface area contributed by atoms with E-state index in [4.69, 9.17) is 4.42 Å². The van der Waals surface area contributed by atoms with Gasteiger partial charge in [-0.2, -0.15) is 11.8 Å². The van der Waals surface area contributed by atoms with E-state index in [9.17, 15) is 0 Å². The molecule has 0 aliphatic heterocycles. The lowest BCUT2D eigenvalue weighted by Crippen LogP contribution is -2.20. The summed E-state index contributed by atoms with van der Waals surface area (Å²) in [4.78, 5) is 2.29. The zero-order chi connectivity index (χ0) is 12.5. The second-order valence-corrected chi connectivity index (χ2v) is 5.26. The van der Waals surface area contributed by atoms with Gasteiger partial charge in [-0.05, 0) is 38.4 Å². The Morgan fingerprint density at radius 1 is 1.35 bits per heavy atom. The molecule has 0 saturated heterocycles. The lowest BCUT2D eigenvalue weighted by molar-refractivity contribution is 0.304. The Hall–Kier alpha value is -0.450. The number of thioether (sulfide) groups is 1. The third-order valence-corrected chi connectivity index (χ3v) is 3.14. The molecule has 0 unspecified atom stereocenters. The molecule has 0 fully saturated rings. The highest BCUT2D eigenvalue weighted by atomic mass is 32.2. The molecule has 1 N–H and O–H groups in total. The maximum absolute atomic E-state index is 5.77. The SMILES string of the molecule is CCCNCc1ccc(CN(C)CCSC)o1. The third kappa shape index (κ3) is 6.15. The number of furan rings is 1. The van der Waals surface area contributed by atoms with E-state index in [1.54, 1.807) is 0 Å². The van der Waals surface area contributed by atoms with Gasteiger partial charge in [0.25, 0.3) is 0 Å². The van der Waals surface area contributed by atoms with E-state index >= 15 is 0 Å². The van der Waals surface area contributed by atoms with Gasteiger partial charge in [-0.1, -0.05) is 6.92 Å². The molecule has 0 atom stereocenters. The molecule has 0 bridgehead atoms. The Kier molecular flexibility index (Phi) is 7.40. The Balaban J connectivity index is 2.29. The Bertz CT molecular complexity index is 301. The number of rotatable bonds is 9. The summed E-state index contributed by atoms with van der Waals surface area (Å²) in [5.41, 5.74) is 0. The Morgan fingerprint density at radius 2 is 2.12 bits per heavy atom. The summed E-state index contributed by atoms with van der Waals surface area (Å²) < 4.78 is 5.77. The fraction of sp³-hybridized carbons (Fsp3) is 0.692. The normalized spacial score (nSPS) is 11.3. The van der Waals surface area contributed by atoms with Gasteiger partial charge in [-0.15, -0.1) is 0 Å². The molecule has 17 heavy (non-hydrogen) atoms. The van der Waals surface area contributed by atoms with Crippen molar-refractivity contribution in [1.82, 2.24) is 10.2 Å². The summed E-state index contributed by atoms with van der Waals surface area (Å²) in [6.45, 7) is 6.05. The minimum atomic E-state index is 0.836. The predicted octanol–water partition coefficient (Wildman–Crippen LogP) is 2.57. The van der Waals surface area contributed by atoms with Gasteiger partial charge < -0.3 is 9.73 Å². The molecule has 0 aliphatic rings. The molecule has 0 aromatic carbocycles. The molecule has 1 rings (SSSR count). The van der Waals surface area contributed by atoms with Crippen molar-refractivity contribution < 1.29 is 4.42 Å². The van der Waals surface area contributed by atoms with Gasteiger partial charge in [0, 0.05) is 12.3 Å². The van der Waals surface area contributed by atoms with Crippen LogP contribution in [0.15, 0.2) is 16.5 Å². The second kappa shape index (κ2) is 8.61. The van der Waals surface area contributed by atoms with Gasteiger partial charge in [0.1, 0.15) is 11.5 Å². The van der Waals surface area contributed by atoms with Crippen LogP contribution in [-0.4, -0.2) is 37.0 Å². The van der Waals surface area contributed by atoms with Gasteiger partial charge in [0.05, 0.1) is 13.1 Å². The Morgan fingerprint density at radius 3 is 2.82 bits per heavy atom. The smallest absolute Gasteiger partial charge is 0.118 e. The topological polar surface area (TPSA) is 28.4 Å². The average Bonchev–Trinajstić information content (AvgIpc) is 2.74. The third-order valence-electron chi connectivity index (χ3n) is 2.55. The minimum absolute atomic E-state index is 0.836. The van der Waals surface area contributed by atoms with Crippen LogP contribution >= 0.6 is 11.8 Å². The van der Waals surface area contributed by atoms with Gasteiger partial charge in [-0.3, -0.25) is 4.90 Å².